The molecule has 1 N–H and O–H groups in total. The fraction of sp³-hybridized carbons (Fsp3) is 0.600. The zero-order valence-corrected chi connectivity index (χ0v) is 15.4. The molecule has 3 rings (SSSR count). The number of fused-ring (bicyclic) bond motifs is 1. The Morgan fingerprint density at radius 3 is 2.73 bits per heavy atom. The van der Waals surface area contributed by atoms with Crippen LogP contribution in [0.15, 0.2) is 24.3 Å². The van der Waals surface area contributed by atoms with E-state index in [1.54, 1.807) is 4.90 Å². The molecule has 2 aliphatic rings. The summed E-state index contributed by atoms with van der Waals surface area (Å²) in [6, 6.07) is 7.61. The standard InChI is InChI=1S/C20H28N2O4/c1-26-20(25)18-12-15-6-2-3-7-16(15)13-22(18)19(24)14-21-10-5-4-8-17(21)9-11-23/h2-3,6-7,17-18,23H,4-5,8-14H2,1H3. The lowest BCUT2D eigenvalue weighted by Gasteiger charge is -2.39. The van der Waals surface area contributed by atoms with Gasteiger partial charge in [-0.25, -0.2) is 4.79 Å². The van der Waals surface area contributed by atoms with Crippen LogP contribution in [-0.2, 0) is 27.3 Å². The number of likely N-dealkylation sites (tertiary alicyclic amines) is 1. The highest BCUT2D eigenvalue weighted by Crippen LogP contribution is 2.25. The number of aliphatic hydroxyl groups is 1. The van der Waals surface area contributed by atoms with Crippen molar-refractivity contribution in [1.29, 1.82) is 0 Å². The molecule has 6 heteroatoms. The third kappa shape index (κ3) is 4.07. The molecule has 2 unspecified atom stereocenters. The molecule has 2 atom stereocenters. The van der Waals surface area contributed by atoms with Crippen LogP contribution in [0.5, 0.6) is 0 Å². The summed E-state index contributed by atoms with van der Waals surface area (Å²) in [4.78, 5) is 29.2. The number of rotatable bonds is 5. The van der Waals surface area contributed by atoms with Crippen LogP contribution in [0.25, 0.3) is 0 Å². The van der Waals surface area contributed by atoms with Gasteiger partial charge in [0.05, 0.1) is 13.7 Å². The number of carbonyl (C=O) groups is 2. The second-order valence-electron chi connectivity index (χ2n) is 7.17. The molecule has 142 valence electrons. The molecule has 2 heterocycles. The normalized spacial score (nSPS) is 23.4. The maximum atomic E-state index is 13.1. The number of amides is 1. The van der Waals surface area contributed by atoms with Gasteiger partial charge in [0.15, 0.2) is 0 Å². The van der Waals surface area contributed by atoms with Gasteiger partial charge in [0, 0.05) is 25.6 Å². The summed E-state index contributed by atoms with van der Waals surface area (Å²) in [5.74, 6) is -0.404. The van der Waals surface area contributed by atoms with Gasteiger partial charge < -0.3 is 14.7 Å². The third-order valence-electron chi connectivity index (χ3n) is 5.59. The van der Waals surface area contributed by atoms with Crippen LogP contribution in [-0.4, -0.2) is 65.7 Å². The molecule has 0 radical (unpaired) electrons. The van der Waals surface area contributed by atoms with Crippen LogP contribution >= 0.6 is 0 Å². The number of hydrogen-bond acceptors (Lipinski definition) is 5. The van der Waals surface area contributed by atoms with Crippen molar-refractivity contribution in [3.8, 4) is 0 Å². The first-order chi connectivity index (χ1) is 12.6. The third-order valence-corrected chi connectivity index (χ3v) is 5.59. The highest BCUT2D eigenvalue weighted by molar-refractivity contribution is 5.86. The van der Waals surface area contributed by atoms with E-state index in [9.17, 15) is 14.7 Å². The van der Waals surface area contributed by atoms with Gasteiger partial charge in [0.2, 0.25) is 5.91 Å². The molecule has 0 bridgehead atoms. The first-order valence-electron chi connectivity index (χ1n) is 9.43. The van der Waals surface area contributed by atoms with Crippen LogP contribution in [0.4, 0.5) is 0 Å². The van der Waals surface area contributed by atoms with E-state index in [2.05, 4.69) is 4.90 Å². The van der Waals surface area contributed by atoms with Gasteiger partial charge in [0.25, 0.3) is 0 Å². The number of aliphatic hydroxyl groups excluding tert-OH is 1. The Bertz CT molecular complexity index is 646. The number of nitrogens with zero attached hydrogens (tertiary/aromatic N) is 2. The Morgan fingerprint density at radius 2 is 2.00 bits per heavy atom. The van der Waals surface area contributed by atoms with E-state index < -0.39 is 6.04 Å². The highest BCUT2D eigenvalue weighted by Gasteiger charge is 2.36. The molecular formula is C20H28N2O4. The van der Waals surface area contributed by atoms with Crippen molar-refractivity contribution in [3.05, 3.63) is 35.4 Å². The number of carbonyl (C=O) groups excluding carboxylic acids is 2. The average molecular weight is 360 g/mol. The molecule has 1 fully saturated rings. The number of hydrogen-bond donors (Lipinski definition) is 1. The predicted molar refractivity (Wildman–Crippen MR) is 97.4 cm³/mol. The number of methoxy groups -OCH3 is 1. The van der Waals surface area contributed by atoms with E-state index in [0.29, 0.717) is 25.9 Å². The maximum Gasteiger partial charge on any atom is 0.328 e. The lowest BCUT2D eigenvalue weighted by molar-refractivity contribution is -0.154. The molecule has 0 saturated carbocycles. The van der Waals surface area contributed by atoms with E-state index in [4.69, 9.17) is 4.74 Å². The summed E-state index contributed by atoms with van der Waals surface area (Å²) in [7, 11) is 1.37. The van der Waals surface area contributed by atoms with Gasteiger partial charge in [-0.15, -0.1) is 0 Å². The molecule has 0 spiro atoms. The summed E-state index contributed by atoms with van der Waals surface area (Å²) in [6.07, 6.45) is 4.40. The van der Waals surface area contributed by atoms with Crippen molar-refractivity contribution >= 4 is 11.9 Å². The number of benzene rings is 1. The molecule has 1 amide bonds. The summed E-state index contributed by atoms with van der Waals surface area (Å²) in [5, 5.41) is 9.29. The average Bonchev–Trinajstić information content (AvgIpc) is 2.68. The molecular weight excluding hydrogens is 332 g/mol. The Balaban J connectivity index is 1.76. The first-order valence-corrected chi connectivity index (χ1v) is 9.43. The number of esters is 1. The summed E-state index contributed by atoms with van der Waals surface area (Å²) >= 11 is 0. The van der Waals surface area contributed by atoms with Crippen molar-refractivity contribution < 1.29 is 19.4 Å². The molecule has 0 aromatic heterocycles. The van der Waals surface area contributed by atoms with Crippen LogP contribution in [0.1, 0.15) is 36.8 Å². The van der Waals surface area contributed by atoms with E-state index in [0.717, 1.165) is 36.9 Å². The van der Waals surface area contributed by atoms with Crippen molar-refractivity contribution in [2.75, 3.05) is 26.8 Å². The van der Waals surface area contributed by atoms with Crippen LogP contribution in [0.3, 0.4) is 0 Å². The smallest absolute Gasteiger partial charge is 0.328 e. The van der Waals surface area contributed by atoms with Crippen LogP contribution < -0.4 is 0 Å². The van der Waals surface area contributed by atoms with Crippen molar-refractivity contribution in [2.24, 2.45) is 0 Å². The lowest BCUT2D eigenvalue weighted by Crippen LogP contribution is -2.53. The van der Waals surface area contributed by atoms with Crippen molar-refractivity contribution in [1.82, 2.24) is 9.80 Å². The molecule has 2 aliphatic heterocycles. The molecule has 1 aromatic rings. The molecule has 1 saturated heterocycles. The van der Waals surface area contributed by atoms with Gasteiger partial charge in [-0.1, -0.05) is 30.7 Å². The Morgan fingerprint density at radius 1 is 1.23 bits per heavy atom. The van der Waals surface area contributed by atoms with Gasteiger partial charge in [-0.05, 0) is 36.9 Å². The zero-order chi connectivity index (χ0) is 18.5. The second-order valence-corrected chi connectivity index (χ2v) is 7.17. The Kier molecular flexibility index (Phi) is 6.27. The zero-order valence-electron chi connectivity index (χ0n) is 15.4. The van der Waals surface area contributed by atoms with E-state index >= 15 is 0 Å². The summed E-state index contributed by atoms with van der Waals surface area (Å²) in [6.45, 7) is 1.73. The molecule has 26 heavy (non-hydrogen) atoms. The quantitative estimate of drug-likeness (QED) is 0.803. The largest absolute Gasteiger partial charge is 0.467 e. The second kappa shape index (κ2) is 8.64. The Hall–Kier alpha value is -1.92. The molecule has 6 nitrogen and oxygen atoms in total. The van der Waals surface area contributed by atoms with Crippen LogP contribution in [0.2, 0.25) is 0 Å². The topological polar surface area (TPSA) is 70.1 Å². The molecule has 1 aromatic carbocycles. The van der Waals surface area contributed by atoms with E-state index in [1.807, 2.05) is 24.3 Å². The predicted octanol–water partition coefficient (Wildman–Crippen LogP) is 1.35. The highest BCUT2D eigenvalue weighted by atomic mass is 16.5. The SMILES string of the molecule is COC(=O)C1Cc2ccccc2CN1C(=O)CN1CCCCC1CCO. The molecule has 0 aliphatic carbocycles. The van der Waals surface area contributed by atoms with Crippen molar-refractivity contribution in [2.45, 2.75) is 50.7 Å². The fourth-order valence-electron chi connectivity index (χ4n) is 4.14. The van der Waals surface area contributed by atoms with E-state index in [-0.39, 0.29) is 24.5 Å². The number of piperidine rings is 1. The summed E-state index contributed by atoms with van der Waals surface area (Å²) in [5.41, 5.74) is 2.19. The van der Waals surface area contributed by atoms with Crippen LogP contribution in [0, 0.1) is 0 Å². The van der Waals surface area contributed by atoms with Gasteiger partial charge in [-0.3, -0.25) is 9.69 Å². The fourth-order valence-corrected chi connectivity index (χ4v) is 4.14. The van der Waals surface area contributed by atoms with Gasteiger partial charge in [0.1, 0.15) is 6.04 Å². The minimum Gasteiger partial charge on any atom is -0.467 e. The maximum absolute atomic E-state index is 13.1. The van der Waals surface area contributed by atoms with Gasteiger partial charge in [-0.2, -0.15) is 0 Å². The minimum absolute atomic E-state index is 0.0419. The lowest BCUT2D eigenvalue weighted by atomic mass is 9.93. The monoisotopic (exact) mass is 360 g/mol. The van der Waals surface area contributed by atoms with Crippen molar-refractivity contribution in [3.63, 3.8) is 0 Å². The number of ether oxygens (including phenoxy) is 1. The minimum atomic E-state index is -0.566. The van der Waals surface area contributed by atoms with Gasteiger partial charge >= 0.3 is 5.97 Å². The van der Waals surface area contributed by atoms with E-state index in [1.165, 1.54) is 7.11 Å². The Labute approximate surface area is 154 Å². The summed E-state index contributed by atoms with van der Waals surface area (Å²) < 4.78 is 4.96. The first kappa shape index (κ1) is 18.9.